The topological polar surface area (TPSA) is 68.2 Å². The SMILES string of the molecule is CC1=CC2(CCN(C(=O)c3csc(-c4ncccn4)n3)CC2)OCC1. The molecule has 1 amide bonds. The predicted molar refractivity (Wildman–Crippen MR) is 95.3 cm³/mol. The van der Waals surface area contributed by atoms with Crippen molar-refractivity contribution in [2.75, 3.05) is 19.7 Å². The number of piperidine rings is 1. The largest absolute Gasteiger partial charge is 0.370 e. The molecule has 0 bridgehead atoms. The monoisotopic (exact) mass is 356 g/mol. The molecule has 0 unspecified atom stereocenters. The fourth-order valence-electron chi connectivity index (χ4n) is 3.40. The Morgan fingerprint density at radius 1 is 1.28 bits per heavy atom. The van der Waals surface area contributed by atoms with E-state index in [4.69, 9.17) is 4.74 Å². The van der Waals surface area contributed by atoms with Crippen molar-refractivity contribution in [2.24, 2.45) is 0 Å². The van der Waals surface area contributed by atoms with Gasteiger partial charge in [-0.15, -0.1) is 11.3 Å². The number of carbonyl (C=O) groups is 1. The van der Waals surface area contributed by atoms with Crippen molar-refractivity contribution in [2.45, 2.75) is 31.8 Å². The van der Waals surface area contributed by atoms with E-state index < -0.39 is 0 Å². The first kappa shape index (κ1) is 16.4. The van der Waals surface area contributed by atoms with Gasteiger partial charge in [0.1, 0.15) is 5.69 Å². The maximum absolute atomic E-state index is 12.8. The van der Waals surface area contributed by atoms with Gasteiger partial charge in [-0.1, -0.05) is 11.6 Å². The van der Waals surface area contributed by atoms with E-state index in [0.717, 1.165) is 25.9 Å². The number of carbonyl (C=O) groups excluding carboxylic acids is 1. The second-order valence-corrected chi connectivity index (χ2v) is 7.41. The lowest BCUT2D eigenvalue weighted by Gasteiger charge is -2.42. The Hall–Kier alpha value is -2.12. The van der Waals surface area contributed by atoms with Crippen LogP contribution in [0.2, 0.25) is 0 Å². The molecule has 2 aliphatic heterocycles. The number of hydrogen-bond acceptors (Lipinski definition) is 6. The highest BCUT2D eigenvalue weighted by Crippen LogP contribution is 2.33. The van der Waals surface area contributed by atoms with Crippen LogP contribution in [0.4, 0.5) is 0 Å². The molecule has 7 heteroatoms. The van der Waals surface area contributed by atoms with Gasteiger partial charge in [-0.2, -0.15) is 0 Å². The zero-order valence-corrected chi connectivity index (χ0v) is 15.0. The summed E-state index contributed by atoms with van der Waals surface area (Å²) in [6, 6.07) is 1.76. The minimum atomic E-state index is -0.176. The molecule has 0 saturated carbocycles. The Balaban J connectivity index is 1.45. The van der Waals surface area contributed by atoms with Crippen molar-refractivity contribution in [3.05, 3.63) is 41.2 Å². The highest BCUT2D eigenvalue weighted by atomic mass is 32.1. The molecule has 0 atom stereocenters. The molecule has 130 valence electrons. The van der Waals surface area contributed by atoms with Crippen molar-refractivity contribution in [3.8, 4) is 10.8 Å². The lowest BCUT2D eigenvalue weighted by atomic mass is 9.87. The van der Waals surface area contributed by atoms with Crippen molar-refractivity contribution >= 4 is 17.2 Å². The molecule has 1 spiro atoms. The standard InChI is InChI=1S/C18H20N4O2S/c1-13-3-10-24-18(11-13)4-8-22(9-5-18)17(23)14-12-25-16(21-14)15-19-6-2-7-20-15/h2,6-7,11-12H,3-5,8-10H2,1H3. The summed E-state index contributed by atoms with van der Waals surface area (Å²) >= 11 is 1.40. The number of rotatable bonds is 2. The van der Waals surface area contributed by atoms with Crippen LogP contribution in [0.3, 0.4) is 0 Å². The van der Waals surface area contributed by atoms with E-state index in [-0.39, 0.29) is 11.5 Å². The maximum Gasteiger partial charge on any atom is 0.273 e. The van der Waals surface area contributed by atoms with Crippen molar-refractivity contribution < 1.29 is 9.53 Å². The fraction of sp³-hybridized carbons (Fsp3) is 0.444. The van der Waals surface area contributed by atoms with Gasteiger partial charge in [-0.3, -0.25) is 4.79 Å². The molecule has 2 aromatic rings. The molecule has 0 radical (unpaired) electrons. The zero-order chi connectivity index (χ0) is 17.3. The summed E-state index contributed by atoms with van der Waals surface area (Å²) in [6.45, 7) is 4.32. The number of likely N-dealkylation sites (tertiary alicyclic amines) is 1. The van der Waals surface area contributed by atoms with Gasteiger partial charge in [0, 0.05) is 30.9 Å². The Labute approximate surface area is 150 Å². The van der Waals surface area contributed by atoms with E-state index in [9.17, 15) is 4.79 Å². The number of thiazole rings is 1. The summed E-state index contributed by atoms with van der Waals surface area (Å²) in [6.07, 6.45) is 8.30. The quantitative estimate of drug-likeness (QED) is 0.774. The molecule has 1 saturated heterocycles. The van der Waals surface area contributed by atoms with Gasteiger partial charge >= 0.3 is 0 Å². The first-order chi connectivity index (χ1) is 12.2. The number of amides is 1. The lowest BCUT2D eigenvalue weighted by molar-refractivity contribution is -0.0522. The van der Waals surface area contributed by atoms with Gasteiger partial charge in [-0.05, 0) is 32.3 Å². The fourth-order valence-corrected chi connectivity index (χ4v) is 4.14. The maximum atomic E-state index is 12.8. The summed E-state index contributed by atoms with van der Waals surface area (Å²) in [5.74, 6) is 0.533. The highest BCUT2D eigenvalue weighted by molar-refractivity contribution is 7.13. The summed E-state index contributed by atoms with van der Waals surface area (Å²) in [5, 5.41) is 2.46. The number of nitrogens with zero attached hydrogens (tertiary/aromatic N) is 4. The van der Waals surface area contributed by atoms with E-state index in [2.05, 4.69) is 28.0 Å². The third-order valence-electron chi connectivity index (χ3n) is 4.77. The smallest absolute Gasteiger partial charge is 0.273 e. The Morgan fingerprint density at radius 3 is 2.76 bits per heavy atom. The summed E-state index contributed by atoms with van der Waals surface area (Å²) in [5.41, 5.74) is 1.68. The van der Waals surface area contributed by atoms with E-state index in [1.165, 1.54) is 16.9 Å². The van der Waals surface area contributed by atoms with Gasteiger partial charge in [0.05, 0.1) is 12.2 Å². The second-order valence-electron chi connectivity index (χ2n) is 6.56. The van der Waals surface area contributed by atoms with E-state index in [1.807, 2.05) is 4.90 Å². The summed E-state index contributed by atoms with van der Waals surface area (Å²) in [4.78, 5) is 27.4. The van der Waals surface area contributed by atoms with Gasteiger partial charge < -0.3 is 9.64 Å². The van der Waals surface area contributed by atoms with Crippen molar-refractivity contribution in [1.82, 2.24) is 19.9 Å². The van der Waals surface area contributed by atoms with Crippen LogP contribution in [0.5, 0.6) is 0 Å². The molecule has 0 aromatic carbocycles. The zero-order valence-electron chi connectivity index (χ0n) is 14.1. The molecule has 2 aliphatic rings. The summed E-state index contributed by atoms with van der Waals surface area (Å²) < 4.78 is 6.03. The van der Waals surface area contributed by atoms with Crippen molar-refractivity contribution in [1.29, 1.82) is 0 Å². The highest BCUT2D eigenvalue weighted by Gasteiger charge is 2.37. The van der Waals surface area contributed by atoms with Gasteiger partial charge in [0.15, 0.2) is 10.8 Å². The summed E-state index contributed by atoms with van der Waals surface area (Å²) in [7, 11) is 0. The third-order valence-corrected chi connectivity index (χ3v) is 5.61. The van der Waals surface area contributed by atoms with Crippen LogP contribution in [0.15, 0.2) is 35.5 Å². The number of aromatic nitrogens is 3. The van der Waals surface area contributed by atoms with Gasteiger partial charge in [0.2, 0.25) is 0 Å². The van der Waals surface area contributed by atoms with Crippen LogP contribution in [0, 0.1) is 0 Å². The van der Waals surface area contributed by atoms with Crippen LogP contribution in [-0.4, -0.2) is 51.1 Å². The van der Waals surface area contributed by atoms with Crippen LogP contribution in [0.25, 0.3) is 10.8 Å². The molecule has 0 aliphatic carbocycles. The van der Waals surface area contributed by atoms with Crippen LogP contribution in [0.1, 0.15) is 36.7 Å². The molecule has 4 heterocycles. The van der Waals surface area contributed by atoms with Gasteiger partial charge in [-0.25, -0.2) is 15.0 Å². The van der Waals surface area contributed by atoms with Crippen LogP contribution < -0.4 is 0 Å². The van der Waals surface area contributed by atoms with Crippen LogP contribution in [-0.2, 0) is 4.74 Å². The first-order valence-electron chi connectivity index (χ1n) is 8.50. The van der Waals surface area contributed by atoms with Gasteiger partial charge in [0.25, 0.3) is 5.91 Å². The normalized spacial score (nSPS) is 19.7. The minimum absolute atomic E-state index is 0.0233. The Kier molecular flexibility index (Phi) is 4.35. The molecule has 4 rings (SSSR count). The van der Waals surface area contributed by atoms with E-state index in [0.29, 0.717) is 29.6 Å². The first-order valence-corrected chi connectivity index (χ1v) is 9.38. The average molecular weight is 356 g/mol. The van der Waals surface area contributed by atoms with E-state index >= 15 is 0 Å². The lowest BCUT2D eigenvalue weighted by Crippen LogP contribution is -2.48. The second kappa shape index (κ2) is 6.65. The molecular weight excluding hydrogens is 336 g/mol. The van der Waals surface area contributed by atoms with Crippen LogP contribution >= 0.6 is 11.3 Å². The predicted octanol–water partition coefficient (Wildman–Crippen LogP) is 2.94. The van der Waals surface area contributed by atoms with Crippen molar-refractivity contribution in [3.63, 3.8) is 0 Å². The molecule has 25 heavy (non-hydrogen) atoms. The molecule has 1 fully saturated rings. The van der Waals surface area contributed by atoms with E-state index in [1.54, 1.807) is 23.8 Å². The molecular formula is C18H20N4O2S. The molecule has 6 nitrogen and oxygen atoms in total. The number of ether oxygens (including phenoxy) is 1. The molecule has 0 N–H and O–H groups in total. The third kappa shape index (κ3) is 3.34. The number of hydrogen-bond donors (Lipinski definition) is 0. The Bertz CT molecular complexity index is 794. The minimum Gasteiger partial charge on any atom is -0.370 e. The average Bonchev–Trinajstić information content (AvgIpc) is 3.13. The molecule has 2 aromatic heterocycles. The Morgan fingerprint density at radius 2 is 2.04 bits per heavy atom.